The lowest BCUT2D eigenvalue weighted by molar-refractivity contribution is -0.117. The molecule has 1 aromatic heterocycles. The van der Waals surface area contributed by atoms with Crippen LogP contribution in [0.15, 0.2) is 42.7 Å². The van der Waals surface area contributed by atoms with Crippen LogP contribution in [0.1, 0.15) is 42.1 Å². The summed E-state index contributed by atoms with van der Waals surface area (Å²) in [6.45, 7) is 5.37. The van der Waals surface area contributed by atoms with Crippen LogP contribution in [-0.2, 0) is 4.79 Å². The molecule has 0 spiro atoms. The van der Waals surface area contributed by atoms with Gasteiger partial charge in [0, 0.05) is 61.1 Å². The Kier molecular flexibility index (Phi) is 5.51. The van der Waals surface area contributed by atoms with Crippen molar-refractivity contribution in [2.75, 3.05) is 18.4 Å². The quantitative estimate of drug-likeness (QED) is 0.841. The van der Waals surface area contributed by atoms with Gasteiger partial charge in [0.1, 0.15) is 11.9 Å². The maximum absolute atomic E-state index is 12.9. The Morgan fingerprint density at radius 3 is 2.66 bits per heavy atom. The third kappa shape index (κ3) is 4.58. The molecule has 2 aliphatic rings. The number of nitrogens with one attached hydrogen (secondary N) is 1. The zero-order valence-corrected chi connectivity index (χ0v) is 16.9. The zero-order valence-electron chi connectivity index (χ0n) is 16.9. The minimum Gasteiger partial charge on any atom is -0.490 e. The monoisotopic (exact) mass is 393 g/mol. The second-order valence-electron chi connectivity index (χ2n) is 8.14. The lowest BCUT2D eigenvalue weighted by Crippen LogP contribution is -2.41. The number of hydrogen-bond acceptors (Lipinski definition) is 4. The number of nitrogens with zero attached hydrogens (tertiary/aromatic N) is 2. The van der Waals surface area contributed by atoms with Crippen LogP contribution in [0.2, 0.25) is 0 Å². The van der Waals surface area contributed by atoms with Gasteiger partial charge in [-0.2, -0.15) is 0 Å². The summed E-state index contributed by atoms with van der Waals surface area (Å²) in [4.78, 5) is 31.0. The van der Waals surface area contributed by atoms with E-state index < -0.39 is 0 Å². The number of carbonyl (C=O) groups is 2. The first-order valence-electron chi connectivity index (χ1n) is 10.3. The van der Waals surface area contributed by atoms with E-state index in [2.05, 4.69) is 17.2 Å². The van der Waals surface area contributed by atoms with Crippen molar-refractivity contribution in [2.45, 2.75) is 39.2 Å². The number of pyridine rings is 1. The van der Waals surface area contributed by atoms with Crippen molar-refractivity contribution in [3.8, 4) is 5.75 Å². The predicted octanol–water partition coefficient (Wildman–Crippen LogP) is 3.67. The van der Waals surface area contributed by atoms with Crippen LogP contribution in [0, 0.1) is 18.8 Å². The molecule has 0 radical (unpaired) electrons. The smallest absolute Gasteiger partial charge is 0.253 e. The van der Waals surface area contributed by atoms with E-state index in [1.54, 1.807) is 24.5 Å². The summed E-state index contributed by atoms with van der Waals surface area (Å²) >= 11 is 0. The molecule has 2 amide bonds. The van der Waals surface area contributed by atoms with Crippen LogP contribution >= 0.6 is 0 Å². The summed E-state index contributed by atoms with van der Waals surface area (Å²) in [5.41, 5.74) is 2.31. The van der Waals surface area contributed by atoms with Gasteiger partial charge in [-0.1, -0.05) is 13.0 Å². The van der Waals surface area contributed by atoms with Gasteiger partial charge in [-0.05, 0) is 43.5 Å². The second-order valence-corrected chi connectivity index (χ2v) is 8.14. The minimum absolute atomic E-state index is 0.000527. The number of ether oxygens (including phenoxy) is 1. The highest BCUT2D eigenvalue weighted by Crippen LogP contribution is 2.38. The van der Waals surface area contributed by atoms with Crippen molar-refractivity contribution in [3.63, 3.8) is 0 Å². The molecule has 0 unspecified atom stereocenters. The summed E-state index contributed by atoms with van der Waals surface area (Å²) < 4.78 is 6.09. The molecule has 4 rings (SSSR count). The Bertz CT molecular complexity index is 906. The highest BCUT2D eigenvalue weighted by Gasteiger charge is 2.39. The fraction of sp³-hybridized carbons (Fsp3) is 0.435. The normalized spacial score (nSPS) is 21.5. The summed E-state index contributed by atoms with van der Waals surface area (Å²) in [6.07, 6.45) is 6.17. The van der Waals surface area contributed by atoms with Gasteiger partial charge in [0.05, 0.1) is 0 Å². The van der Waals surface area contributed by atoms with Crippen molar-refractivity contribution in [1.29, 1.82) is 0 Å². The van der Waals surface area contributed by atoms with Crippen molar-refractivity contribution in [3.05, 3.63) is 53.9 Å². The summed E-state index contributed by atoms with van der Waals surface area (Å²) in [5.74, 6) is 1.47. The maximum Gasteiger partial charge on any atom is 0.253 e. The third-order valence-electron chi connectivity index (χ3n) is 5.81. The van der Waals surface area contributed by atoms with E-state index in [0.717, 1.165) is 30.6 Å². The highest BCUT2D eigenvalue weighted by atomic mass is 16.5. The van der Waals surface area contributed by atoms with Crippen LogP contribution in [0.5, 0.6) is 5.75 Å². The van der Waals surface area contributed by atoms with Crippen LogP contribution < -0.4 is 10.1 Å². The van der Waals surface area contributed by atoms with Gasteiger partial charge in [0.25, 0.3) is 5.91 Å². The van der Waals surface area contributed by atoms with Crippen LogP contribution in [0.3, 0.4) is 0 Å². The first kappa shape index (κ1) is 19.4. The summed E-state index contributed by atoms with van der Waals surface area (Å²) in [5, 5.41) is 2.94. The molecule has 1 saturated carbocycles. The number of likely N-dealkylation sites (tertiary alicyclic amines) is 1. The number of hydrogen-bond donors (Lipinski definition) is 1. The van der Waals surface area contributed by atoms with E-state index >= 15 is 0 Å². The molecule has 2 atom stereocenters. The number of anilines is 1. The van der Waals surface area contributed by atoms with E-state index in [0.29, 0.717) is 30.3 Å². The van der Waals surface area contributed by atoms with E-state index in [1.165, 1.54) is 0 Å². The SMILES string of the molecule is Cc1cnccc1OC1CCN(C(=O)c2cccc(NC(=O)[C@@H]3C[C@@H]3C)c2)CC1. The van der Waals surface area contributed by atoms with Gasteiger partial charge in [0.15, 0.2) is 0 Å². The topological polar surface area (TPSA) is 71.5 Å². The fourth-order valence-electron chi connectivity index (χ4n) is 3.78. The molecule has 6 nitrogen and oxygen atoms in total. The first-order valence-corrected chi connectivity index (χ1v) is 10.3. The Morgan fingerprint density at radius 2 is 1.97 bits per heavy atom. The van der Waals surface area contributed by atoms with Crippen LogP contribution in [0.4, 0.5) is 5.69 Å². The second kappa shape index (κ2) is 8.23. The number of piperidine rings is 1. The molecule has 2 fully saturated rings. The summed E-state index contributed by atoms with van der Waals surface area (Å²) in [6, 6.07) is 9.12. The number of aryl methyl sites for hydroxylation is 1. The van der Waals surface area contributed by atoms with E-state index in [-0.39, 0.29) is 23.8 Å². The van der Waals surface area contributed by atoms with Gasteiger partial charge in [-0.3, -0.25) is 14.6 Å². The van der Waals surface area contributed by atoms with Gasteiger partial charge in [0.2, 0.25) is 5.91 Å². The molecule has 1 N–H and O–H groups in total. The average molecular weight is 393 g/mol. The Morgan fingerprint density at radius 1 is 1.21 bits per heavy atom. The lowest BCUT2D eigenvalue weighted by atomic mass is 10.1. The molecule has 152 valence electrons. The maximum atomic E-state index is 12.9. The van der Waals surface area contributed by atoms with Gasteiger partial charge < -0.3 is 15.0 Å². The predicted molar refractivity (Wildman–Crippen MR) is 111 cm³/mol. The molecule has 2 aromatic rings. The standard InChI is InChI=1S/C23H27N3O3/c1-15-12-20(15)22(27)25-18-5-3-4-17(13-18)23(28)26-10-7-19(8-11-26)29-21-6-9-24-14-16(21)2/h3-6,9,13-15,19-20H,7-8,10-12H2,1-2H3,(H,25,27)/t15-,20+/m0/s1. The molecule has 1 aliphatic carbocycles. The average Bonchev–Trinajstić information content (AvgIpc) is 3.47. The molecule has 1 aliphatic heterocycles. The van der Waals surface area contributed by atoms with E-state index in [1.807, 2.05) is 30.0 Å². The van der Waals surface area contributed by atoms with Crippen molar-refractivity contribution in [1.82, 2.24) is 9.88 Å². The van der Waals surface area contributed by atoms with Gasteiger partial charge in [-0.15, -0.1) is 0 Å². The zero-order chi connectivity index (χ0) is 20.4. The fourth-order valence-corrected chi connectivity index (χ4v) is 3.78. The summed E-state index contributed by atoms with van der Waals surface area (Å²) in [7, 11) is 0. The largest absolute Gasteiger partial charge is 0.490 e. The molecule has 1 saturated heterocycles. The molecular weight excluding hydrogens is 366 g/mol. The van der Waals surface area contributed by atoms with Crippen LogP contribution in [-0.4, -0.2) is 40.9 Å². The molecule has 29 heavy (non-hydrogen) atoms. The third-order valence-corrected chi connectivity index (χ3v) is 5.81. The van der Waals surface area contributed by atoms with E-state index in [4.69, 9.17) is 4.74 Å². The number of carbonyl (C=O) groups excluding carboxylic acids is 2. The van der Waals surface area contributed by atoms with E-state index in [9.17, 15) is 9.59 Å². The molecule has 2 heterocycles. The number of aromatic nitrogens is 1. The number of benzene rings is 1. The highest BCUT2D eigenvalue weighted by molar-refractivity contribution is 5.98. The van der Waals surface area contributed by atoms with Crippen molar-refractivity contribution < 1.29 is 14.3 Å². The molecule has 6 heteroatoms. The lowest BCUT2D eigenvalue weighted by Gasteiger charge is -2.32. The van der Waals surface area contributed by atoms with Gasteiger partial charge >= 0.3 is 0 Å². The Labute approximate surface area is 171 Å². The molecular formula is C23H27N3O3. The van der Waals surface area contributed by atoms with Crippen molar-refractivity contribution in [2.24, 2.45) is 11.8 Å². The molecule has 1 aromatic carbocycles. The van der Waals surface area contributed by atoms with Crippen molar-refractivity contribution >= 4 is 17.5 Å². The number of amides is 2. The van der Waals surface area contributed by atoms with Gasteiger partial charge in [-0.25, -0.2) is 0 Å². The molecule has 0 bridgehead atoms. The van der Waals surface area contributed by atoms with Crippen LogP contribution in [0.25, 0.3) is 0 Å². The Balaban J connectivity index is 1.33. The Hall–Kier alpha value is -2.89. The first-order chi connectivity index (χ1) is 14.0. The number of rotatable bonds is 5. The minimum atomic E-state index is -0.000527.